The summed E-state index contributed by atoms with van der Waals surface area (Å²) in [4.78, 5) is 2.10. The fourth-order valence-corrected chi connectivity index (χ4v) is 3.31. The molecular weight excluding hydrogens is 260 g/mol. The summed E-state index contributed by atoms with van der Waals surface area (Å²) in [6, 6.07) is 13.8. The van der Waals surface area contributed by atoms with Gasteiger partial charge in [0.25, 0.3) is 0 Å². The summed E-state index contributed by atoms with van der Waals surface area (Å²) in [7, 11) is 0. The topological polar surface area (TPSA) is 20.2 Å². The fraction of sp³-hybridized carbons (Fsp3) is 0.167. The summed E-state index contributed by atoms with van der Waals surface area (Å²) in [5.74, 6) is 0.654. The van der Waals surface area contributed by atoms with E-state index >= 15 is 0 Å². The van der Waals surface area contributed by atoms with Crippen LogP contribution in [0.15, 0.2) is 47.4 Å². The first-order chi connectivity index (χ1) is 7.75. The van der Waals surface area contributed by atoms with Gasteiger partial charge >= 0.3 is 0 Å². The molecule has 4 heteroatoms. The summed E-state index contributed by atoms with van der Waals surface area (Å²) in [5.41, 5.74) is 0. The van der Waals surface area contributed by atoms with Crippen molar-refractivity contribution in [3.63, 3.8) is 0 Å². The zero-order chi connectivity index (χ0) is 11.4. The van der Waals surface area contributed by atoms with Crippen LogP contribution in [0.3, 0.4) is 0 Å². The minimum Gasteiger partial charge on any atom is -0.387 e. The molecule has 1 N–H and O–H groups in total. The molecule has 1 aromatic heterocycles. The summed E-state index contributed by atoms with van der Waals surface area (Å²) in [6.45, 7) is 0. The van der Waals surface area contributed by atoms with Crippen molar-refractivity contribution < 1.29 is 5.11 Å². The molecule has 1 atom stereocenters. The predicted octanol–water partition coefficient (Wildman–Crippen LogP) is 4.23. The van der Waals surface area contributed by atoms with Gasteiger partial charge in [-0.1, -0.05) is 29.8 Å². The standard InChI is InChI=1S/C12H11ClOS2/c13-12-7-6-11(16-12)10(14)8-15-9-4-2-1-3-5-9/h1-7,10,14H,8H2. The van der Waals surface area contributed by atoms with E-state index in [-0.39, 0.29) is 0 Å². The largest absolute Gasteiger partial charge is 0.387 e. The van der Waals surface area contributed by atoms with Crippen molar-refractivity contribution >= 4 is 34.7 Å². The van der Waals surface area contributed by atoms with Gasteiger partial charge in [-0.15, -0.1) is 23.1 Å². The summed E-state index contributed by atoms with van der Waals surface area (Å²) < 4.78 is 0.721. The molecule has 0 saturated heterocycles. The predicted molar refractivity (Wildman–Crippen MR) is 71.5 cm³/mol. The van der Waals surface area contributed by atoms with Crippen molar-refractivity contribution in [2.24, 2.45) is 0 Å². The molecule has 0 aliphatic rings. The van der Waals surface area contributed by atoms with Crippen LogP contribution in [0, 0.1) is 0 Å². The summed E-state index contributed by atoms with van der Waals surface area (Å²) in [6.07, 6.45) is -0.442. The van der Waals surface area contributed by atoms with Crippen molar-refractivity contribution in [3.8, 4) is 0 Å². The van der Waals surface area contributed by atoms with Crippen LogP contribution in [0.5, 0.6) is 0 Å². The summed E-state index contributed by atoms with van der Waals surface area (Å²) >= 11 is 8.90. The summed E-state index contributed by atoms with van der Waals surface area (Å²) in [5, 5.41) is 9.93. The number of hydrogen-bond acceptors (Lipinski definition) is 3. The molecule has 0 bridgehead atoms. The Morgan fingerprint density at radius 2 is 1.94 bits per heavy atom. The van der Waals surface area contributed by atoms with Gasteiger partial charge in [0.05, 0.1) is 10.4 Å². The molecule has 0 saturated carbocycles. The Balaban J connectivity index is 1.91. The molecule has 2 rings (SSSR count). The first-order valence-corrected chi connectivity index (χ1v) is 7.05. The maximum absolute atomic E-state index is 9.93. The average Bonchev–Trinajstić information content (AvgIpc) is 2.74. The molecule has 0 fully saturated rings. The van der Waals surface area contributed by atoms with E-state index in [1.807, 2.05) is 42.5 Å². The zero-order valence-electron chi connectivity index (χ0n) is 8.47. The van der Waals surface area contributed by atoms with E-state index in [1.165, 1.54) is 16.2 Å². The van der Waals surface area contributed by atoms with Gasteiger partial charge in [0, 0.05) is 15.5 Å². The number of rotatable bonds is 4. The lowest BCUT2D eigenvalue weighted by molar-refractivity contribution is 0.208. The molecule has 1 aromatic carbocycles. The van der Waals surface area contributed by atoms with Crippen LogP contribution in [0.2, 0.25) is 4.34 Å². The molecule has 2 aromatic rings. The van der Waals surface area contributed by atoms with Gasteiger partial charge in [-0.25, -0.2) is 0 Å². The van der Waals surface area contributed by atoms with Crippen LogP contribution in [-0.4, -0.2) is 10.9 Å². The lowest BCUT2D eigenvalue weighted by Gasteiger charge is -2.07. The normalized spacial score (nSPS) is 12.6. The minimum absolute atomic E-state index is 0.442. The van der Waals surface area contributed by atoms with Crippen LogP contribution in [0.4, 0.5) is 0 Å². The third-order valence-corrected chi connectivity index (χ3v) is 4.49. The number of aliphatic hydroxyl groups is 1. The fourth-order valence-electron chi connectivity index (χ4n) is 1.28. The number of hydrogen-bond donors (Lipinski definition) is 1. The third-order valence-electron chi connectivity index (χ3n) is 2.07. The maximum Gasteiger partial charge on any atom is 0.0976 e. The monoisotopic (exact) mass is 270 g/mol. The molecular formula is C12H11ClOS2. The van der Waals surface area contributed by atoms with Gasteiger partial charge < -0.3 is 5.11 Å². The minimum atomic E-state index is -0.442. The third kappa shape index (κ3) is 3.25. The van der Waals surface area contributed by atoms with Crippen molar-refractivity contribution in [3.05, 3.63) is 51.7 Å². The number of thioether (sulfide) groups is 1. The zero-order valence-corrected chi connectivity index (χ0v) is 10.9. The van der Waals surface area contributed by atoms with Gasteiger partial charge in [0.15, 0.2) is 0 Å². The number of halogens is 1. The van der Waals surface area contributed by atoms with E-state index in [0.29, 0.717) is 5.75 Å². The number of benzene rings is 1. The molecule has 1 unspecified atom stereocenters. The quantitative estimate of drug-likeness (QED) is 0.839. The molecule has 0 aliphatic heterocycles. The van der Waals surface area contributed by atoms with E-state index in [4.69, 9.17) is 11.6 Å². The van der Waals surface area contributed by atoms with Crippen molar-refractivity contribution in [1.29, 1.82) is 0 Å². The van der Waals surface area contributed by atoms with E-state index in [1.54, 1.807) is 11.8 Å². The SMILES string of the molecule is OC(CSc1ccccc1)c1ccc(Cl)s1. The average molecular weight is 271 g/mol. The first kappa shape index (κ1) is 12.0. The maximum atomic E-state index is 9.93. The van der Waals surface area contributed by atoms with E-state index < -0.39 is 6.10 Å². The molecule has 0 radical (unpaired) electrons. The lowest BCUT2D eigenvalue weighted by Crippen LogP contribution is -1.97. The molecule has 0 amide bonds. The second-order valence-corrected chi connectivity index (χ2v) is 6.12. The van der Waals surface area contributed by atoms with E-state index in [9.17, 15) is 5.11 Å². The highest BCUT2D eigenvalue weighted by Gasteiger charge is 2.10. The second-order valence-electron chi connectivity index (χ2n) is 3.28. The van der Waals surface area contributed by atoms with Gasteiger partial charge in [-0.05, 0) is 24.3 Å². The highest BCUT2D eigenvalue weighted by atomic mass is 35.5. The highest BCUT2D eigenvalue weighted by molar-refractivity contribution is 7.99. The second kappa shape index (κ2) is 5.73. The molecule has 16 heavy (non-hydrogen) atoms. The van der Waals surface area contributed by atoms with Gasteiger partial charge in [0.1, 0.15) is 0 Å². The highest BCUT2D eigenvalue weighted by Crippen LogP contribution is 2.30. The Bertz CT molecular complexity index is 441. The van der Waals surface area contributed by atoms with Crippen LogP contribution in [0.1, 0.15) is 11.0 Å². The van der Waals surface area contributed by atoms with E-state index in [2.05, 4.69) is 0 Å². The first-order valence-electron chi connectivity index (χ1n) is 4.87. The molecule has 1 nitrogen and oxygen atoms in total. The molecule has 84 valence electrons. The van der Waals surface area contributed by atoms with Gasteiger partial charge in [-0.3, -0.25) is 0 Å². The lowest BCUT2D eigenvalue weighted by atomic mass is 10.3. The van der Waals surface area contributed by atoms with Gasteiger partial charge in [-0.2, -0.15) is 0 Å². The van der Waals surface area contributed by atoms with Gasteiger partial charge in [0.2, 0.25) is 0 Å². The smallest absolute Gasteiger partial charge is 0.0976 e. The molecule has 0 aliphatic carbocycles. The molecule has 1 heterocycles. The van der Waals surface area contributed by atoms with Crippen molar-refractivity contribution in [1.82, 2.24) is 0 Å². The Hall–Kier alpha value is -0.480. The van der Waals surface area contributed by atoms with Crippen molar-refractivity contribution in [2.45, 2.75) is 11.0 Å². The molecule has 0 spiro atoms. The van der Waals surface area contributed by atoms with Crippen LogP contribution < -0.4 is 0 Å². The Kier molecular flexibility index (Phi) is 4.29. The Morgan fingerprint density at radius 1 is 1.19 bits per heavy atom. The van der Waals surface area contributed by atoms with Crippen molar-refractivity contribution in [2.75, 3.05) is 5.75 Å². The van der Waals surface area contributed by atoms with Crippen LogP contribution in [-0.2, 0) is 0 Å². The van der Waals surface area contributed by atoms with E-state index in [0.717, 1.165) is 9.21 Å². The Morgan fingerprint density at radius 3 is 2.56 bits per heavy atom. The van der Waals surface area contributed by atoms with Crippen LogP contribution in [0.25, 0.3) is 0 Å². The number of aliphatic hydroxyl groups excluding tert-OH is 1. The van der Waals surface area contributed by atoms with Crippen LogP contribution >= 0.6 is 34.7 Å². The Labute approximate surface area is 108 Å². The number of thiophene rings is 1.